The number of methoxy groups -OCH3 is 1. The largest absolute Gasteiger partial charge is 0.383 e. The highest BCUT2D eigenvalue weighted by Gasteiger charge is 2.08. The SMILES string of the molecule is COCCNCC(=O)NC(C)c1ccc(Br)cc1.Cl. The van der Waals surface area contributed by atoms with Crippen LogP contribution in [0.2, 0.25) is 0 Å². The van der Waals surface area contributed by atoms with Crippen molar-refractivity contribution in [1.29, 1.82) is 0 Å². The molecule has 0 aliphatic rings. The maximum atomic E-state index is 11.6. The molecule has 0 aromatic heterocycles. The molecule has 1 rings (SSSR count). The number of carbonyl (C=O) groups is 1. The monoisotopic (exact) mass is 350 g/mol. The molecule has 1 atom stereocenters. The molecule has 1 unspecified atom stereocenters. The van der Waals surface area contributed by atoms with Crippen molar-refractivity contribution in [3.8, 4) is 0 Å². The highest BCUT2D eigenvalue weighted by Crippen LogP contribution is 2.16. The van der Waals surface area contributed by atoms with Crippen LogP contribution in [0.1, 0.15) is 18.5 Å². The Morgan fingerprint density at radius 2 is 2.00 bits per heavy atom. The van der Waals surface area contributed by atoms with Gasteiger partial charge in [-0.3, -0.25) is 4.79 Å². The summed E-state index contributed by atoms with van der Waals surface area (Å²) in [5.41, 5.74) is 1.09. The lowest BCUT2D eigenvalue weighted by Crippen LogP contribution is -2.36. The number of amides is 1. The van der Waals surface area contributed by atoms with Crippen molar-refractivity contribution < 1.29 is 9.53 Å². The van der Waals surface area contributed by atoms with Gasteiger partial charge in [0.15, 0.2) is 0 Å². The minimum atomic E-state index is -0.0125. The molecule has 4 nitrogen and oxygen atoms in total. The quantitative estimate of drug-likeness (QED) is 0.741. The van der Waals surface area contributed by atoms with Crippen molar-refractivity contribution in [2.45, 2.75) is 13.0 Å². The van der Waals surface area contributed by atoms with Crippen molar-refractivity contribution >= 4 is 34.2 Å². The van der Waals surface area contributed by atoms with Gasteiger partial charge in [0.05, 0.1) is 19.2 Å². The van der Waals surface area contributed by atoms with Gasteiger partial charge in [0, 0.05) is 18.1 Å². The summed E-state index contributed by atoms with van der Waals surface area (Å²) in [7, 11) is 1.64. The third kappa shape index (κ3) is 7.52. The van der Waals surface area contributed by atoms with Crippen LogP contribution in [0.3, 0.4) is 0 Å². The smallest absolute Gasteiger partial charge is 0.234 e. The van der Waals surface area contributed by atoms with Gasteiger partial charge in [0.25, 0.3) is 0 Å². The molecule has 0 saturated heterocycles. The van der Waals surface area contributed by atoms with Gasteiger partial charge in [-0.25, -0.2) is 0 Å². The lowest BCUT2D eigenvalue weighted by atomic mass is 10.1. The summed E-state index contributed by atoms with van der Waals surface area (Å²) in [5, 5.41) is 5.94. The van der Waals surface area contributed by atoms with Gasteiger partial charge in [-0.1, -0.05) is 28.1 Å². The van der Waals surface area contributed by atoms with Crippen molar-refractivity contribution in [1.82, 2.24) is 10.6 Å². The molecule has 0 spiro atoms. The fourth-order valence-corrected chi connectivity index (χ4v) is 1.77. The zero-order chi connectivity index (χ0) is 13.4. The van der Waals surface area contributed by atoms with E-state index in [1.807, 2.05) is 31.2 Å². The number of nitrogens with one attached hydrogen (secondary N) is 2. The number of hydrogen-bond acceptors (Lipinski definition) is 3. The first-order valence-electron chi connectivity index (χ1n) is 5.88. The highest BCUT2D eigenvalue weighted by atomic mass is 79.9. The molecule has 1 aromatic rings. The number of halogens is 2. The normalized spacial score (nSPS) is 11.5. The number of hydrogen-bond donors (Lipinski definition) is 2. The average Bonchev–Trinajstić information content (AvgIpc) is 2.35. The minimum Gasteiger partial charge on any atom is -0.383 e. The first-order valence-corrected chi connectivity index (χ1v) is 6.67. The molecule has 0 radical (unpaired) electrons. The Hall–Kier alpha value is -0.620. The van der Waals surface area contributed by atoms with Crippen molar-refractivity contribution in [2.24, 2.45) is 0 Å². The van der Waals surface area contributed by atoms with Crippen LogP contribution in [-0.2, 0) is 9.53 Å². The molecular weight excluding hydrogens is 332 g/mol. The minimum absolute atomic E-state index is 0. The molecule has 0 aliphatic heterocycles. The maximum absolute atomic E-state index is 11.6. The second-order valence-electron chi connectivity index (χ2n) is 4.01. The van der Waals surface area contributed by atoms with E-state index in [0.29, 0.717) is 19.7 Å². The Balaban J connectivity index is 0.00000324. The van der Waals surface area contributed by atoms with Gasteiger partial charge in [0.1, 0.15) is 0 Å². The van der Waals surface area contributed by atoms with Crippen LogP contribution in [0.25, 0.3) is 0 Å². The molecule has 108 valence electrons. The van der Waals surface area contributed by atoms with Gasteiger partial charge in [-0.05, 0) is 24.6 Å². The van der Waals surface area contributed by atoms with Gasteiger partial charge in [0.2, 0.25) is 5.91 Å². The summed E-state index contributed by atoms with van der Waals surface area (Å²) in [4.78, 5) is 11.6. The van der Waals surface area contributed by atoms with Crippen LogP contribution in [0.5, 0.6) is 0 Å². The van der Waals surface area contributed by atoms with Gasteiger partial charge < -0.3 is 15.4 Å². The first kappa shape index (κ1) is 18.4. The van der Waals surface area contributed by atoms with Crippen molar-refractivity contribution in [3.05, 3.63) is 34.3 Å². The maximum Gasteiger partial charge on any atom is 0.234 e. The molecule has 0 saturated carbocycles. The van der Waals surface area contributed by atoms with Crippen LogP contribution in [0, 0.1) is 0 Å². The third-order valence-electron chi connectivity index (χ3n) is 2.52. The predicted octanol–water partition coefficient (Wildman–Crippen LogP) is 2.28. The van der Waals surface area contributed by atoms with E-state index in [9.17, 15) is 4.79 Å². The van der Waals surface area contributed by atoms with Crippen molar-refractivity contribution in [2.75, 3.05) is 26.8 Å². The van der Waals surface area contributed by atoms with E-state index in [1.54, 1.807) is 7.11 Å². The second-order valence-corrected chi connectivity index (χ2v) is 4.93. The lowest BCUT2D eigenvalue weighted by Gasteiger charge is -2.14. The average molecular weight is 352 g/mol. The zero-order valence-corrected chi connectivity index (χ0v) is 13.5. The molecule has 0 aliphatic carbocycles. The fourth-order valence-electron chi connectivity index (χ4n) is 1.50. The van der Waals surface area contributed by atoms with Crippen molar-refractivity contribution in [3.63, 3.8) is 0 Å². The van der Waals surface area contributed by atoms with E-state index in [2.05, 4.69) is 26.6 Å². The van der Waals surface area contributed by atoms with E-state index in [4.69, 9.17) is 4.74 Å². The molecule has 6 heteroatoms. The summed E-state index contributed by atoms with van der Waals surface area (Å²) in [5.74, 6) is -0.0125. The van der Waals surface area contributed by atoms with Gasteiger partial charge in [-0.2, -0.15) is 0 Å². The Morgan fingerprint density at radius 3 is 2.58 bits per heavy atom. The summed E-state index contributed by atoms with van der Waals surface area (Å²) in [6.07, 6.45) is 0. The van der Waals surface area contributed by atoms with E-state index in [-0.39, 0.29) is 24.4 Å². The van der Waals surface area contributed by atoms with Crippen LogP contribution in [0.4, 0.5) is 0 Å². The molecule has 0 bridgehead atoms. The number of rotatable bonds is 7. The Morgan fingerprint density at radius 1 is 1.37 bits per heavy atom. The summed E-state index contributed by atoms with van der Waals surface area (Å²) in [6.45, 7) is 3.56. The molecule has 19 heavy (non-hydrogen) atoms. The Labute approximate surface area is 128 Å². The number of ether oxygens (including phenoxy) is 1. The van der Waals surface area contributed by atoms with E-state index < -0.39 is 0 Å². The van der Waals surface area contributed by atoms with E-state index in [1.165, 1.54) is 0 Å². The summed E-state index contributed by atoms with van der Waals surface area (Å²) in [6, 6.07) is 7.93. The van der Waals surface area contributed by atoms with Crippen LogP contribution < -0.4 is 10.6 Å². The number of carbonyl (C=O) groups excluding carboxylic acids is 1. The first-order chi connectivity index (χ1) is 8.63. The highest BCUT2D eigenvalue weighted by molar-refractivity contribution is 9.10. The summed E-state index contributed by atoms with van der Waals surface area (Å²) < 4.78 is 5.92. The molecule has 1 aromatic carbocycles. The second kappa shape index (κ2) is 10.2. The van der Waals surface area contributed by atoms with Crippen LogP contribution >= 0.6 is 28.3 Å². The molecule has 2 N–H and O–H groups in total. The van der Waals surface area contributed by atoms with Crippen LogP contribution in [-0.4, -0.2) is 32.7 Å². The van der Waals surface area contributed by atoms with E-state index >= 15 is 0 Å². The van der Waals surface area contributed by atoms with E-state index in [0.717, 1.165) is 10.0 Å². The third-order valence-corrected chi connectivity index (χ3v) is 3.04. The van der Waals surface area contributed by atoms with Gasteiger partial charge in [-0.15, -0.1) is 12.4 Å². The predicted molar refractivity (Wildman–Crippen MR) is 82.7 cm³/mol. The topological polar surface area (TPSA) is 50.4 Å². The summed E-state index contributed by atoms with van der Waals surface area (Å²) >= 11 is 3.39. The Bertz CT molecular complexity index is 373. The lowest BCUT2D eigenvalue weighted by molar-refractivity contribution is -0.120. The molecule has 0 heterocycles. The Kier molecular flexibility index (Phi) is 9.87. The zero-order valence-electron chi connectivity index (χ0n) is 11.1. The standard InChI is InChI=1S/C13H19BrN2O2.ClH/c1-10(11-3-5-12(14)6-4-11)16-13(17)9-15-7-8-18-2;/h3-6,10,15H,7-9H2,1-2H3,(H,16,17);1H. The fraction of sp³-hybridized carbons (Fsp3) is 0.462. The molecular formula is C13H20BrClN2O2. The van der Waals surface area contributed by atoms with Crippen LogP contribution in [0.15, 0.2) is 28.7 Å². The van der Waals surface area contributed by atoms with Gasteiger partial charge >= 0.3 is 0 Å². The molecule has 0 fully saturated rings. The molecule has 1 amide bonds. The number of benzene rings is 1.